The Morgan fingerprint density at radius 2 is 2.25 bits per heavy atom. The highest BCUT2D eigenvalue weighted by Crippen LogP contribution is 2.17. The molecule has 1 aromatic rings. The molecule has 0 unspecified atom stereocenters. The molecule has 0 aliphatic rings. The van der Waals surface area contributed by atoms with E-state index in [4.69, 9.17) is 22.4 Å². The third kappa shape index (κ3) is 3.39. The smallest absolute Gasteiger partial charge is 0.337 e. The molecule has 0 aliphatic heterocycles. The number of nitrogens with zero attached hydrogens (tertiary/aromatic N) is 1. The number of nitrogens with one attached hydrogen (secondary N) is 1. The topological polar surface area (TPSA) is 105 Å². The number of carbonyl (C=O) groups excluding carboxylic acids is 1. The van der Waals surface area contributed by atoms with Crippen LogP contribution < -0.4 is 11.1 Å². The van der Waals surface area contributed by atoms with Gasteiger partial charge < -0.3 is 16.2 Å². The van der Waals surface area contributed by atoms with Crippen LogP contribution in [0.5, 0.6) is 0 Å². The second-order valence-electron chi connectivity index (χ2n) is 3.00. The van der Waals surface area contributed by atoms with Gasteiger partial charge in [-0.2, -0.15) is 0 Å². The van der Waals surface area contributed by atoms with E-state index >= 15 is 0 Å². The summed E-state index contributed by atoms with van der Waals surface area (Å²) in [5.41, 5.74) is 4.90. The summed E-state index contributed by atoms with van der Waals surface area (Å²) < 4.78 is 0. The van der Waals surface area contributed by atoms with E-state index in [1.807, 2.05) is 0 Å². The fourth-order valence-corrected chi connectivity index (χ4v) is 1.20. The Morgan fingerprint density at radius 3 is 2.81 bits per heavy atom. The normalized spacial score (nSPS) is 9.81. The fraction of sp³-hybridized carbons (Fsp3) is 0.222. The van der Waals surface area contributed by atoms with Crippen LogP contribution in [0.25, 0.3) is 0 Å². The lowest BCUT2D eigenvalue weighted by Gasteiger charge is -2.05. The number of aromatic nitrogens is 1. The maximum Gasteiger partial charge on any atom is 0.337 e. The first kappa shape index (κ1) is 12.3. The fourth-order valence-electron chi connectivity index (χ4n) is 1.01. The van der Waals surface area contributed by atoms with Gasteiger partial charge in [-0.25, -0.2) is 9.78 Å². The number of carboxylic acids is 1. The summed E-state index contributed by atoms with van der Waals surface area (Å²) >= 11 is 5.63. The van der Waals surface area contributed by atoms with Gasteiger partial charge in [-0.3, -0.25) is 4.79 Å². The van der Waals surface area contributed by atoms with Crippen LogP contribution in [0.1, 0.15) is 16.8 Å². The molecule has 0 spiro atoms. The van der Waals surface area contributed by atoms with E-state index in [1.165, 1.54) is 12.3 Å². The van der Waals surface area contributed by atoms with Crippen molar-refractivity contribution in [3.63, 3.8) is 0 Å². The van der Waals surface area contributed by atoms with E-state index in [1.54, 1.807) is 0 Å². The van der Waals surface area contributed by atoms with Gasteiger partial charge in [0.2, 0.25) is 5.91 Å². The summed E-state index contributed by atoms with van der Waals surface area (Å²) in [6.07, 6.45) is 1.38. The first-order valence-corrected chi connectivity index (χ1v) is 4.79. The summed E-state index contributed by atoms with van der Waals surface area (Å²) in [5, 5.41) is 11.6. The zero-order chi connectivity index (χ0) is 12.1. The lowest BCUT2D eigenvalue weighted by molar-refractivity contribution is -0.117. The van der Waals surface area contributed by atoms with Crippen molar-refractivity contribution >= 4 is 29.3 Å². The van der Waals surface area contributed by atoms with E-state index in [2.05, 4.69) is 10.3 Å². The zero-order valence-electron chi connectivity index (χ0n) is 8.24. The average Bonchev–Trinajstić information content (AvgIpc) is 2.19. The highest BCUT2D eigenvalue weighted by atomic mass is 35.5. The second kappa shape index (κ2) is 5.32. The van der Waals surface area contributed by atoms with Gasteiger partial charge in [-0.15, -0.1) is 0 Å². The Hall–Kier alpha value is -1.82. The quantitative estimate of drug-likeness (QED) is 0.707. The number of halogens is 1. The number of carboxylic acid groups (broad SMARTS) is 1. The Kier molecular flexibility index (Phi) is 4.07. The summed E-state index contributed by atoms with van der Waals surface area (Å²) in [5.74, 6) is -1.24. The van der Waals surface area contributed by atoms with E-state index in [9.17, 15) is 9.59 Å². The first-order chi connectivity index (χ1) is 7.50. The maximum absolute atomic E-state index is 10.7. The lowest BCUT2D eigenvalue weighted by Crippen LogP contribution is -2.16. The van der Waals surface area contributed by atoms with Crippen LogP contribution in [0.15, 0.2) is 12.3 Å². The van der Waals surface area contributed by atoms with Gasteiger partial charge in [0.05, 0.1) is 10.6 Å². The predicted molar refractivity (Wildman–Crippen MR) is 58.5 cm³/mol. The van der Waals surface area contributed by atoms with Crippen LogP contribution in [0.3, 0.4) is 0 Å². The van der Waals surface area contributed by atoms with E-state index in [0.717, 1.165) is 0 Å². The Labute approximate surface area is 96.4 Å². The van der Waals surface area contributed by atoms with Crippen LogP contribution in [-0.4, -0.2) is 28.5 Å². The average molecular weight is 244 g/mol. The highest BCUT2D eigenvalue weighted by molar-refractivity contribution is 6.33. The molecular formula is C9H10ClN3O3. The maximum atomic E-state index is 10.7. The zero-order valence-corrected chi connectivity index (χ0v) is 8.99. The van der Waals surface area contributed by atoms with Crippen LogP contribution >= 0.6 is 11.6 Å². The van der Waals surface area contributed by atoms with Crippen molar-refractivity contribution in [1.82, 2.24) is 4.98 Å². The van der Waals surface area contributed by atoms with Gasteiger partial charge in [0.15, 0.2) is 0 Å². The van der Waals surface area contributed by atoms with Gasteiger partial charge >= 0.3 is 5.97 Å². The minimum atomic E-state index is -1.13. The molecular weight excluding hydrogens is 234 g/mol. The molecule has 0 bridgehead atoms. The van der Waals surface area contributed by atoms with Crippen LogP contribution in [-0.2, 0) is 4.79 Å². The molecule has 0 saturated carbocycles. The molecule has 1 heterocycles. The minimum absolute atomic E-state index is 0.0433. The summed E-state index contributed by atoms with van der Waals surface area (Å²) in [7, 11) is 0. The predicted octanol–water partition coefficient (Wildman–Crippen LogP) is 0.720. The van der Waals surface area contributed by atoms with Gasteiger partial charge in [-0.1, -0.05) is 11.6 Å². The number of hydrogen-bond acceptors (Lipinski definition) is 4. The Morgan fingerprint density at radius 1 is 1.56 bits per heavy atom. The SMILES string of the molecule is NC(=O)CCNc1cc(C(=O)O)c(Cl)cn1. The molecule has 0 aromatic carbocycles. The molecule has 86 valence electrons. The first-order valence-electron chi connectivity index (χ1n) is 4.41. The van der Waals surface area contributed by atoms with Crippen LogP contribution in [0.2, 0.25) is 5.02 Å². The number of hydrogen-bond donors (Lipinski definition) is 3. The molecule has 0 atom stereocenters. The van der Waals surface area contributed by atoms with Crippen molar-refractivity contribution in [3.8, 4) is 0 Å². The molecule has 1 aromatic heterocycles. The number of amides is 1. The summed E-state index contributed by atoms with van der Waals surface area (Å²) in [4.78, 5) is 25.1. The molecule has 0 aliphatic carbocycles. The number of aromatic carboxylic acids is 1. The third-order valence-corrected chi connectivity index (χ3v) is 2.06. The molecule has 6 nitrogen and oxygen atoms in total. The number of anilines is 1. The van der Waals surface area contributed by atoms with Crippen molar-refractivity contribution in [2.75, 3.05) is 11.9 Å². The van der Waals surface area contributed by atoms with E-state index in [0.29, 0.717) is 12.4 Å². The van der Waals surface area contributed by atoms with Crippen molar-refractivity contribution < 1.29 is 14.7 Å². The molecule has 7 heteroatoms. The second-order valence-corrected chi connectivity index (χ2v) is 3.40. The van der Waals surface area contributed by atoms with Gasteiger partial charge in [0, 0.05) is 19.2 Å². The molecule has 0 radical (unpaired) electrons. The lowest BCUT2D eigenvalue weighted by atomic mass is 10.2. The van der Waals surface area contributed by atoms with Gasteiger partial charge in [0.1, 0.15) is 5.82 Å². The molecule has 0 saturated heterocycles. The van der Waals surface area contributed by atoms with Crippen LogP contribution in [0.4, 0.5) is 5.82 Å². The summed E-state index contributed by atoms with van der Waals surface area (Å²) in [6, 6.07) is 1.30. The molecule has 1 amide bonds. The van der Waals surface area contributed by atoms with Crippen molar-refractivity contribution in [1.29, 1.82) is 0 Å². The van der Waals surface area contributed by atoms with Crippen molar-refractivity contribution in [2.45, 2.75) is 6.42 Å². The number of rotatable bonds is 5. The van der Waals surface area contributed by atoms with E-state index < -0.39 is 11.9 Å². The summed E-state index contributed by atoms with van der Waals surface area (Å²) in [6.45, 7) is 0.295. The van der Waals surface area contributed by atoms with Crippen molar-refractivity contribution in [3.05, 3.63) is 22.8 Å². The monoisotopic (exact) mass is 243 g/mol. The molecule has 4 N–H and O–H groups in total. The van der Waals surface area contributed by atoms with Crippen molar-refractivity contribution in [2.24, 2.45) is 5.73 Å². The van der Waals surface area contributed by atoms with E-state index in [-0.39, 0.29) is 17.0 Å². The standard InChI is InChI=1S/C9H10ClN3O3/c10-6-4-13-8(3-5(6)9(15)16)12-2-1-7(11)14/h3-4H,1-2H2,(H2,11,14)(H,12,13)(H,15,16). The Bertz CT molecular complexity index is 422. The highest BCUT2D eigenvalue weighted by Gasteiger charge is 2.10. The van der Waals surface area contributed by atoms with Gasteiger partial charge in [0.25, 0.3) is 0 Å². The minimum Gasteiger partial charge on any atom is -0.478 e. The molecule has 0 fully saturated rings. The largest absolute Gasteiger partial charge is 0.478 e. The Balaban J connectivity index is 2.71. The number of primary amides is 1. The van der Waals surface area contributed by atoms with Crippen LogP contribution in [0, 0.1) is 0 Å². The molecule has 1 rings (SSSR count). The number of pyridine rings is 1. The molecule has 16 heavy (non-hydrogen) atoms. The number of nitrogens with two attached hydrogens (primary N) is 1. The van der Waals surface area contributed by atoms with Gasteiger partial charge in [-0.05, 0) is 6.07 Å². The number of carbonyl (C=O) groups is 2. The third-order valence-electron chi connectivity index (χ3n) is 1.76.